The molecule has 3 saturated heterocycles. The highest BCUT2D eigenvalue weighted by atomic mass is 19.1. The molecule has 2 atom stereocenters. The Labute approximate surface area is 238 Å². The van der Waals surface area contributed by atoms with E-state index >= 15 is 0 Å². The van der Waals surface area contributed by atoms with Crippen molar-refractivity contribution >= 4 is 17.3 Å². The maximum absolute atomic E-state index is 14.2. The van der Waals surface area contributed by atoms with Gasteiger partial charge in [-0.25, -0.2) is 14.4 Å². The number of anilines is 3. The number of piperazine rings is 1. The number of hydrogen-bond donors (Lipinski definition) is 2. The van der Waals surface area contributed by atoms with Crippen LogP contribution in [0.1, 0.15) is 12.0 Å². The largest absolute Gasteiger partial charge is 0.495 e. The Hall–Kier alpha value is -4.05. The number of nitrogens with zero attached hydrogens (tertiary/aromatic N) is 6. The summed E-state index contributed by atoms with van der Waals surface area (Å²) in [6.07, 6.45) is 0.243. The van der Waals surface area contributed by atoms with Gasteiger partial charge in [0.2, 0.25) is 5.95 Å². The quantitative estimate of drug-likeness (QED) is 0.423. The maximum Gasteiger partial charge on any atom is 0.230 e. The van der Waals surface area contributed by atoms with Gasteiger partial charge >= 0.3 is 0 Å². The summed E-state index contributed by atoms with van der Waals surface area (Å²) in [5.74, 6) is 1.87. The van der Waals surface area contributed by atoms with E-state index in [0.717, 1.165) is 56.5 Å². The molecule has 3 aliphatic rings. The molecule has 0 bridgehead atoms. The Morgan fingerprint density at radius 3 is 2.68 bits per heavy atom. The highest BCUT2D eigenvalue weighted by Crippen LogP contribution is 2.33. The first-order chi connectivity index (χ1) is 20.1. The van der Waals surface area contributed by atoms with Gasteiger partial charge in [0.15, 0.2) is 5.82 Å². The van der Waals surface area contributed by atoms with Crippen molar-refractivity contribution in [2.24, 2.45) is 0 Å². The fourth-order valence-corrected chi connectivity index (χ4v) is 5.35. The van der Waals surface area contributed by atoms with Crippen LogP contribution in [0.25, 0.3) is 11.4 Å². The summed E-state index contributed by atoms with van der Waals surface area (Å²) in [6.45, 7) is 6.44. The van der Waals surface area contributed by atoms with E-state index in [-0.39, 0.29) is 6.54 Å². The van der Waals surface area contributed by atoms with Crippen LogP contribution in [0.2, 0.25) is 0 Å². The molecule has 11 nitrogen and oxygen atoms in total. The summed E-state index contributed by atoms with van der Waals surface area (Å²) in [5, 5.41) is 16.0. The molecule has 1 aromatic heterocycles. The Bertz CT molecular complexity index is 1410. The summed E-state index contributed by atoms with van der Waals surface area (Å²) in [6, 6.07) is 13.7. The van der Waals surface area contributed by atoms with Crippen LogP contribution < -0.4 is 25.0 Å². The van der Waals surface area contributed by atoms with Gasteiger partial charge in [0.25, 0.3) is 0 Å². The number of hydrogen-bond acceptors (Lipinski definition) is 11. The number of nitriles is 1. The minimum atomic E-state index is -1.13. The number of halogens is 1. The lowest BCUT2D eigenvalue weighted by Crippen LogP contribution is -2.56. The second-order valence-corrected chi connectivity index (χ2v) is 10.3. The second-order valence-electron chi connectivity index (χ2n) is 10.3. The van der Waals surface area contributed by atoms with Gasteiger partial charge in [-0.05, 0) is 43.3 Å². The molecule has 2 N–H and O–H groups in total. The zero-order valence-corrected chi connectivity index (χ0v) is 22.9. The fourth-order valence-electron chi connectivity index (χ4n) is 5.35. The number of methoxy groups -OCH3 is 1. The summed E-state index contributed by atoms with van der Waals surface area (Å²) in [4.78, 5) is 18.0. The van der Waals surface area contributed by atoms with E-state index in [1.165, 1.54) is 6.33 Å². The molecule has 12 heteroatoms. The van der Waals surface area contributed by atoms with Crippen molar-refractivity contribution in [1.29, 1.82) is 5.26 Å². The van der Waals surface area contributed by atoms with Crippen molar-refractivity contribution in [1.82, 2.24) is 25.2 Å². The zero-order valence-electron chi connectivity index (χ0n) is 22.9. The highest BCUT2D eigenvalue weighted by Gasteiger charge is 2.30. The Morgan fingerprint density at radius 2 is 1.95 bits per heavy atom. The molecule has 0 aliphatic carbocycles. The molecule has 0 unspecified atom stereocenters. The monoisotopic (exact) mass is 560 g/mol. The van der Waals surface area contributed by atoms with E-state index in [1.807, 2.05) is 18.2 Å². The number of aromatic nitrogens is 3. The zero-order chi connectivity index (χ0) is 28.2. The highest BCUT2D eigenvalue weighted by molar-refractivity contribution is 5.68. The van der Waals surface area contributed by atoms with Gasteiger partial charge in [0.1, 0.15) is 36.2 Å². The fraction of sp³-hybridized carbons (Fsp3) is 0.448. The lowest BCUT2D eigenvalue weighted by Gasteiger charge is -2.43. The molecule has 0 saturated carbocycles. The Kier molecular flexibility index (Phi) is 8.09. The minimum Gasteiger partial charge on any atom is -0.495 e. The molecule has 3 aromatic rings. The third-order valence-corrected chi connectivity index (χ3v) is 7.78. The molecule has 2 aromatic carbocycles. The lowest BCUT2D eigenvalue weighted by molar-refractivity contribution is -0.0660. The number of rotatable bonds is 8. The molecule has 4 heterocycles. The normalized spacial score (nSPS) is 21.5. The SMILES string of the molecule is COc1cc(Nc2ncnc(-c3ccc(O[C@H]4CCNC[C@@H]4F)c(C#N)c3)n2)ccc1N1CCN(C2COC2)CC1. The van der Waals surface area contributed by atoms with Crippen molar-refractivity contribution in [2.45, 2.75) is 24.7 Å². The molecular weight excluding hydrogens is 527 g/mol. The van der Waals surface area contributed by atoms with Crippen molar-refractivity contribution < 1.29 is 18.6 Å². The van der Waals surface area contributed by atoms with Gasteiger partial charge in [-0.1, -0.05) is 0 Å². The summed E-state index contributed by atoms with van der Waals surface area (Å²) in [7, 11) is 1.67. The van der Waals surface area contributed by atoms with Gasteiger partial charge in [-0.15, -0.1) is 0 Å². The summed E-state index contributed by atoms with van der Waals surface area (Å²) in [5.41, 5.74) is 2.75. The van der Waals surface area contributed by atoms with Gasteiger partial charge in [0, 0.05) is 50.0 Å². The van der Waals surface area contributed by atoms with Crippen LogP contribution in [-0.4, -0.2) is 97.8 Å². The van der Waals surface area contributed by atoms with Crippen LogP contribution in [0.15, 0.2) is 42.7 Å². The van der Waals surface area contributed by atoms with E-state index in [1.54, 1.807) is 25.3 Å². The molecule has 6 rings (SSSR count). The van der Waals surface area contributed by atoms with Crippen molar-refractivity contribution in [3.05, 3.63) is 48.3 Å². The second kappa shape index (κ2) is 12.2. The van der Waals surface area contributed by atoms with E-state index in [9.17, 15) is 9.65 Å². The number of benzene rings is 2. The third-order valence-electron chi connectivity index (χ3n) is 7.78. The van der Waals surface area contributed by atoms with Crippen molar-refractivity contribution in [2.75, 3.05) is 69.8 Å². The molecule has 0 spiro atoms. The molecule has 3 aliphatic heterocycles. The maximum atomic E-state index is 14.2. The van der Waals surface area contributed by atoms with Crippen LogP contribution in [-0.2, 0) is 4.74 Å². The van der Waals surface area contributed by atoms with Crippen LogP contribution in [0.5, 0.6) is 11.5 Å². The van der Waals surface area contributed by atoms with Gasteiger partial charge < -0.3 is 29.7 Å². The third kappa shape index (κ3) is 6.02. The van der Waals surface area contributed by atoms with E-state index in [4.69, 9.17) is 14.2 Å². The number of ether oxygens (including phenoxy) is 3. The predicted molar refractivity (Wildman–Crippen MR) is 151 cm³/mol. The van der Waals surface area contributed by atoms with Crippen LogP contribution in [0, 0.1) is 11.3 Å². The predicted octanol–water partition coefficient (Wildman–Crippen LogP) is 2.76. The molecular formula is C29H33FN8O3. The topological polar surface area (TPSA) is 121 Å². The number of nitrogens with one attached hydrogen (secondary N) is 2. The standard InChI is InChI=1S/C29H33FN8O3/c1-39-27-13-21(3-4-24(27)38-10-8-37(9-11-38)22-16-40-17-22)35-29-34-18-33-28(36-29)19-2-5-25(20(12-19)14-31)41-26-6-7-32-15-23(26)30/h2-5,12-13,18,22-23,26,32H,6-11,15-17H2,1H3,(H,33,34,35,36)/t23-,26-/m0/s1. The lowest BCUT2D eigenvalue weighted by atomic mass is 10.1. The van der Waals surface area contributed by atoms with Crippen LogP contribution in [0.4, 0.5) is 21.7 Å². The first-order valence-electron chi connectivity index (χ1n) is 13.9. The molecule has 41 heavy (non-hydrogen) atoms. The van der Waals surface area contributed by atoms with E-state index < -0.39 is 12.3 Å². The van der Waals surface area contributed by atoms with Gasteiger partial charge in [0.05, 0.1) is 37.6 Å². The summed E-state index contributed by atoms with van der Waals surface area (Å²) >= 11 is 0. The molecule has 0 amide bonds. The first kappa shape index (κ1) is 27.1. The summed E-state index contributed by atoms with van der Waals surface area (Å²) < 4.78 is 31.2. The van der Waals surface area contributed by atoms with Gasteiger partial charge in [-0.2, -0.15) is 10.2 Å². The number of alkyl halides is 1. The van der Waals surface area contributed by atoms with Crippen LogP contribution >= 0.6 is 0 Å². The van der Waals surface area contributed by atoms with Crippen molar-refractivity contribution in [3.63, 3.8) is 0 Å². The Balaban J connectivity index is 1.14. The average molecular weight is 561 g/mol. The van der Waals surface area contributed by atoms with Crippen LogP contribution in [0.3, 0.4) is 0 Å². The van der Waals surface area contributed by atoms with E-state index in [0.29, 0.717) is 47.7 Å². The smallest absolute Gasteiger partial charge is 0.230 e. The first-order valence-corrected chi connectivity index (χ1v) is 13.9. The van der Waals surface area contributed by atoms with Gasteiger partial charge in [-0.3, -0.25) is 4.90 Å². The average Bonchev–Trinajstić information content (AvgIpc) is 2.98. The van der Waals surface area contributed by atoms with Crippen molar-refractivity contribution in [3.8, 4) is 29.0 Å². The molecule has 3 fully saturated rings. The molecule has 0 radical (unpaired) electrons. The minimum absolute atomic E-state index is 0.243. The van der Waals surface area contributed by atoms with E-state index in [2.05, 4.69) is 41.5 Å². The number of piperidine rings is 1. The molecule has 214 valence electrons. The Morgan fingerprint density at radius 1 is 1.10 bits per heavy atom.